The van der Waals surface area contributed by atoms with Crippen LogP contribution in [0.3, 0.4) is 0 Å². The topological polar surface area (TPSA) is 58.0 Å². The van der Waals surface area contributed by atoms with Crippen molar-refractivity contribution in [3.63, 3.8) is 0 Å². The summed E-state index contributed by atoms with van der Waals surface area (Å²) < 4.78 is 0. The summed E-state index contributed by atoms with van der Waals surface area (Å²) in [5.74, 6) is 1.96. The molecule has 6 nitrogen and oxygen atoms in total. The number of rotatable bonds is 4. The number of nitrogens with zero attached hydrogens (tertiary/aromatic N) is 6. The van der Waals surface area contributed by atoms with Gasteiger partial charge in [0, 0.05) is 56.3 Å². The first-order valence-corrected chi connectivity index (χ1v) is 10.0. The molecule has 0 amide bonds. The zero-order chi connectivity index (χ0) is 18.8. The quantitative estimate of drug-likeness (QED) is 0.702. The summed E-state index contributed by atoms with van der Waals surface area (Å²) in [6.45, 7) is 3.71. The fraction of sp³-hybridized carbons (Fsp3) is 0.364. The Bertz CT molecular complexity index is 933. The monoisotopic (exact) mass is 372 g/mol. The van der Waals surface area contributed by atoms with Gasteiger partial charge in [0.1, 0.15) is 12.1 Å². The van der Waals surface area contributed by atoms with Crippen LogP contribution in [0.4, 0.5) is 11.8 Å². The lowest BCUT2D eigenvalue weighted by atomic mass is 10.1. The average molecular weight is 372 g/mol. The highest BCUT2D eigenvalue weighted by atomic mass is 15.3. The van der Waals surface area contributed by atoms with Gasteiger partial charge in [-0.05, 0) is 30.4 Å². The third-order valence-corrected chi connectivity index (χ3v) is 5.66. The highest BCUT2D eigenvalue weighted by molar-refractivity contribution is 5.52. The van der Waals surface area contributed by atoms with E-state index in [1.165, 1.54) is 23.2 Å². The molecule has 0 saturated carbocycles. The lowest BCUT2D eigenvalue weighted by Gasteiger charge is -2.36. The predicted molar refractivity (Wildman–Crippen MR) is 110 cm³/mol. The van der Waals surface area contributed by atoms with Crippen molar-refractivity contribution in [1.82, 2.24) is 19.9 Å². The summed E-state index contributed by atoms with van der Waals surface area (Å²) in [6.07, 6.45) is 9.90. The van der Waals surface area contributed by atoms with E-state index in [-0.39, 0.29) is 0 Å². The molecule has 1 aromatic carbocycles. The van der Waals surface area contributed by atoms with Crippen LogP contribution in [-0.4, -0.2) is 46.1 Å². The molecule has 28 heavy (non-hydrogen) atoms. The molecule has 0 spiro atoms. The van der Waals surface area contributed by atoms with Crippen molar-refractivity contribution < 1.29 is 0 Å². The van der Waals surface area contributed by atoms with E-state index in [2.05, 4.69) is 54.0 Å². The first-order valence-electron chi connectivity index (χ1n) is 10.0. The van der Waals surface area contributed by atoms with Gasteiger partial charge in [-0.2, -0.15) is 0 Å². The number of piperazine rings is 1. The molecule has 6 heteroatoms. The van der Waals surface area contributed by atoms with Crippen LogP contribution in [0.25, 0.3) is 0 Å². The fourth-order valence-corrected chi connectivity index (χ4v) is 4.17. The molecule has 142 valence electrons. The van der Waals surface area contributed by atoms with E-state index < -0.39 is 0 Å². The molecule has 0 N–H and O–H groups in total. The molecule has 3 aromatic rings. The highest BCUT2D eigenvalue weighted by Crippen LogP contribution is 2.28. The van der Waals surface area contributed by atoms with Crippen molar-refractivity contribution in [2.45, 2.75) is 25.7 Å². The molecule has 2 aliphatic rings. The molecular weight excluding hydrogens is 348 g/mol. The van der Waals surface area contributed by atoms with Gasteiger partial charge in [-0.3, -0.25) is 0 Å². The van der Waals surface area contributed by atoms with Crippen molar-refractivity contribution in [3.8, 4) is 0 Å². The molecule has 2 aromatic heterocycles. The van der Waals surface area contributed by atoms with Gasteiger partial charge in [-0.15, -0.1) is 0 Å². The summed E-state index contributed by atoms with van der Waals surface area (Å²) >= 11 is 0. The van der Waals surface area contributed by atoms with E-state index in [9.17, 15) is 0 Å². The first-order chi connectivity index (χ1) is 13.9. The zero-order valence-electron chi connectivity index (χ0n) is 16.0. The molecule has 0 radical (unpaired) electrons. The Morgan fingerprint density at radius 2 is 1.50 bits per heavy atom. The Kier molecular flexibility index (Phi) is 4.61. The molecule has 1 aliphatic carbocycles. The van der Waals surface area contributed by atoms with E-state index in [0.29, 0.717) is 0 Å². The molecular formula is C22H24N6. The lowest BCUT2D eigenvalue weighted by Crippen LogP contribution is -2.47. The number of aryl methyl sites for hydroxylation is 1. The second-order valence-corrected chi connectivity index (χ2v) is 7.50. The summed E-state index contributed by atoms with van der Waals surface area (Å²) in [7, 11) is 0. The molecule has 0 atom stereocenters. The second kappa shape index (κ2) is 7.54. The summed E-state index contributed by atoms with van der Waals surface area (Å²) in [5, 5.41) is 0. The number of benzene rings is 1. The van der Waals surface area contributed by atoms with Crippen molar-refractivity contribution >= 4 is 11.8 Å². The van der Waals surface area contributed by atoms with Crippen LogP contribution in [-0.2, 0) is 19.3 Å². The van der Waals surface area contributed by atoms with Crippen LogP contribution < -0.4 is 9.80 Å². The molecule has 0 bridgehead atoms. The van der Waals surface area contributed by atoms with E-state index in [4.69, 9.17) is 0 Å². The summed E-state index contributed by atoms with van der Waals surface area (Å²) in [5.41, 5.74) is 5.03. The summed E-state index contributed by atoms with van der Waals surface area (Å²) in [6, 6.07) is 10.4. The number of aromatic nitrogens is 4. The molecule has 3 heterocycles. The van der Waals surface area contributed by atoms with Gasteiger partial charge in [0.05, 0.1) is 0 Å². The van der Waals surface area contributed by atoms with Gasteiger partial charge >= 0.3 is 0 Å². The van der Waals surface area contributed by atoms with Gasteiger partial charge in [0.25, 0.3) is 0 Å². The Morgan fingerprint density at radius 1 is 0.750 bits per heavy atom. The third-order valence-electron chi connectivity index (χ3n) is 5.66. The van der Waals surface area contributed by atoms with E-state index in [1.807, 2.05) is 18.5 Å². The smallest absolute Gasteiger partial charge is 0.225 e. The Balaban J connectivity index is 1.23. The van der Waals surface area contributed by atoms with Crippen molar-refractivity contribution in [1.29, 1.82) is 0 Å². The lowest BCUT2D eigenvalue weighted by molar-refractivity contribution is 0.631. The Labute approximate surface area is 165 Å². The Morgan fingerprint density at radius 3 is 2.29 bits per heavy atom. The molecule has 1 saturated heterocycles. The van der Waals surface area contributed by atoms with Crippen LogP contribution in [0.15, 0.2) is 49.1 Å². The Hall–Kier alpha value is -3.02. The minimum atomic E-state index is 0.823. The maximum Gasteiger partial charge on any atom is 0.225 e. The van der Waals surface area contributed by atoms with Crippen molar-refractivity contribution in [2.24, 2.45) is 0 Å². The van der Waals surface area contributed by atoms with Gasteiger partial charge < -0.3 is 9.80 Å². The standard InChI is InChI=1S/C22H24N6/c1-2-5-17(6-3-1)13-18-14-23-22(24-15-18)28-11-9-27(10-12-28)21-19-7-4-8-20(19)25-16-26-21/h1-3,5-6,14-16H,4,7-13H2. The maximum atomic E-state index is 4.62. The SMILES string of the molecule is c1ccc(Cc2cnc(N3CCN(c4ncnc5c4CCC5)CC3)nc2)cc1. The molecule has 5 rings (SSSR count). The summed E-state index contributed by atoms with van der Waals surface area (Å²) in [4.78, 5) is 22.9. The van der Waals surface area contributed by atoms with Gasteiger partial charge in [-0.25, -0.2) is 19.9 Å². The van der Waals surface area contributed by atoms with Crippen LogP contribution in [0.2, 0.25) is 0 Å². The molecule has 0 unspecified atom stereocenters. The minimum absolute atomic E-state index is 0.823. The van der Waals surface area contributed by atoms with Crippen molar-refractivity contribution in [2.75, 3.05) is 36.0 Å². The predicted octanol–water partition coefficient (Wildman–Crippen LogP) is 2.67. The van der Waals surface area contributed by atoms with Gasteiger partial charge in [0.2, 0.25) is 5.95 Å². The third kappa shape index (κ3) is 3.42. The number of hydrogen-bond acceptors (Lipinski definition) is 6. The fourth-order valence-electron chi connectivity index (χ4n) is 4.17. The van der Waals surface area contributed by atoms with Crippen LogP contribution in [0, 0.1) is 0 Å². The van der Waals surface area contributed by atoms with E-state index in [0.717, 1.165) is 62.8 Å². The largest absolute Gasteiger partial charge is 0.353 e. The number of hydrogen-bond donors (Lipinski definition) is 0. The number of fused-ring (bicyclic) bond motifs is 1. The van der Waals surface area contributed by atoms with Gasteiger partial charge in [-0.1, -0.05) is 30.3 Å². The van der Waals surface area contributed by atoms with E-state index in [1.54, 1.807) is 6.33 Å². The number of anilines is 2. The highest BCUT2D eigenvalue weighted by Gasteiger charge is 2.25. The van der Waals surface area contributed by atoms with Crippen molar-refractivity contribution in [3.05, 3.63) is 71.4 Å². The zero-order valence-corrected chi connectivity index (χ0v) is 16.0. The molecule has 1 aliphatic heterocycles. The van der Waals surface area contributed by atoms with Crippen LogP contribution in [0.5, 0.6) is 0 Å². The first kappa shape index (κ1) is 17.1. The average Bonchev–Trinajstić information content (AvgIpc) is 3.24. The molecule has 1 fully saturated rings. The van der Waals surface area contributed by atoms with Crippen LogP contribution in [0.1, 0.15) is 28.8 Å². The van der Waals surface area contributed by atoms with Gasteiger partial charge in [0.15, 0.2) is 0 Å². The minimum Gasteiger partial charge on any atom is -0.353 e. The van der Waals surface area contributed by atoms with E-state index >= 15 is 0 Å². The van der Waals surface area contributed by atoms with Crippen LogP contribution >= 0.6 is 0 Å². The normalized spacial score (nSPS) is 16.3. The second-order valence-electron chi connectivity index (χ2n) is 7.50. The maximum absolute atomic E-state index is 4.62.